The van der Waals surface area contributed by atoms with Gasteiger partial charge in [-0.2, -0.15) is 0 Å². The average Bonchev–Trinajstić information content (AvgIpc) is 2.18. The molecule has 0 saturated heterocycles. The van der Waals surface area contributed by atoms with E-state index in [4.69, 9.17) is 13.8 Å². The van der Waals surface area contributed by atoms with Crippen molar-refractivity contribution in [2.75, 3.05) is 32.6 Å². The van der Waals surface area contributed by atoms with Crippen LogP contribution in [0.3, 0.4) is 0 Å². The molecule has 0 heterocycles. The predicted octanol–water partition coefficient (Wildman–Crippen LogP) is 3.07. The molecule has 92 valence electrons. The lowest BCUT2D eigenvalue weighted by molar-refractivity contribution is 0.136. The maximum Gasteiger partial charge on any atom is 0.332 e. The maximum absolute atomic E-state index is 11.9. The Bertz CT molecular complexity index is 174. The SMILES string of the molecule is CCCCOCCP(=O)(OCC)OCC. The molecular weight excluding hydrogens is 215 g/mol. The normalized spacial score (nSPS) is 11.9. The van der Waals surface area contributed by atoms with E-state index < -0.39 is 7.60 Å². The van der Waals surface area contributed by atoms with Gasteiger partial charge in [-0.1, -0.05) is 13.3 Å². The molecule has 0 unspecified atom stereocenters. The quantitative estimate of drug-likeness (QED) is 0.433. The van der Waals surface area contributed by atoms with Gasteiger partial charge in [-0.25, -0.2) is 0 Å². The number of ether oxygens (including phenoxy) is 1. The van der Waals surface area contributed by atoms with Gasteiger partial charge in [0.25, 0.3) is 0 Å². The molecule has 0 bridgehead atoms. The van der Waals surface area contributed by atoms with E-state index in [1.807, 2.05) is 13.8 Å². The van der Waals surface area contributed by atoms with Gasteiger partial charge in [-0.05, 0) is 20.3 Å². The van der Waals surface area contributed by atoms with Gasteiger partial charge in [0, 0.05) is 6.61 Å². The second-order valence-corrected chi connectivity index (χ2v) is 5.32. The molecule has 0 radical (unpaired) electrons. The van der Waals surface area contributed by atoms with Crippen molar-refractivity contribution in [3.63, 3.8) is 0 Å². The molecule has 0 aliphatic heterocycles. The van der Waals surface area contributed by atoms with Crippen molar-refractivity contribution in [2.45, 2.75) is 33.6 Å². The molecule has 0 N–H and O–H groups in total. The Morgan fingerprint density at radius 3 is 2.07 bits per heavy atom. The van der Waals surface area contributed by atoms with E-state index in [0.29, 0.717) is 26.0 Å². The molecule has 0 aromatic carbocycles. The van der Waals surface area contributed by atoms with Crippen LogP contribution in [0.1, 0.15) is 33.6 Å². The van der Waals surface area contributed by atoms with Crippen molar-refractivity contribution in [1.82, 2.24) is 0 Å². The minimum absolute atomic E-state index is 0.346. The molecule has 0 aromatic heterocycles. The van der Waals surface area contributed by atoms with E-state index in [9.17, 15) is 4.57 Å². The third-order valence-electron chi connectivity index (χ3n) is 1.80. The summed E-state index contributed by atoms with van der Waals surface area (Å²) in [6, 6.07) is 0. The summed E-state index contributed by atoms with van der Waals surface area (Å²) in [6.45, 7) is 7.70. The summed E-state index contributed by atoms with van der Waals surface area (Å²) in [6.07, 6.45) is 2.49. The van der Waals surface area contributed by atoms with Crippen molar-refractivity contribution < 1.29 is 18.3 Å². The molecule has 0 rings (SSSR count). The Morgan fingerprint density at radius 1 is 1.00 bits per heavy atom. The van der Waals surface area contributed by atoms with Crippen LogP contribution in [0.25, 0.3) is 0 Å². The van der Waals surface area contributed by atoms with Gasteiger partial charge in [0.05, 0.1) is 26.0 Å². The van der Waals surface area contributed by atoms with Gasteiger partial charge in [0.15, 0.2) is 0 Å². The van der Waals surface area contributed by atoms with Crippen LogP contribution in [-0.4, -0.2) is 32.6 Å². The summed E-state index contributed by atoms with van der Waals surface area (Å²) in [5.74, 6) is 0. The van der Waals surface area contributed by atoms with Crippen LogP contribution in [0, 0.1) is 0 Å². The lowest BCUT2D eigenvalue weighted by Gasteiger charge is -2.16. The summed E-state index contributed by atoms with van der Waals surface area (Å²) in [5.41, 5.74) is 0. The Labute approximate surface area is 92.8 Å². The Balaban J connectivity index is 3.71. The van der Waals surface area contributed by atoms with Crippen LogP contribution in [0.5, 0.6) is 0 Å². The van der Waals surface area contributed by atoms with E-state index in [2.05, 4.69) is 6.92 Å². The number of rotatable bonds is 10. The highest BCUT2D eigenvalue weighted by Crippen LogP contribution is 2.47. The standard InChI is InChI=1S/C10H23O4P/c1-4-7-8-12-9-10-15(11,13-5-2)14-6-3/h4-10H2,1-3H3. The first-order valence-electron chi connectivity index (χ1n) is 5.64. The smallest absolute Gasteiger partial charge is 0.332 e. The fraction of sp³-hybridized carbons (Fsp3) is 1.00. The zero-order valence-electron chi connectivity index (χ0n) is 10.0. The summed E-state index contributed by atoms with van der Waals surface area (Å²) in [4.78, 5) is 0. The molecule has 4 nitrogen and oxygen atoms in total. The van der Waals surface area contributed by atoms with Crippen LogP contribution in [0.15, 0.2) is 0 Å². The molecule has 0 aliphatic carbocycles. The number of hydrogen-bond donors (Lipinski definition) is 0. The first-order valence-corrected chi connectivity index (χ1v) is 7.37. The zero-order valence-corrected chi connectivity index (χ0v) is 10.9. The minimum atomic E-state index is -2.89. The zero-order chi connectivity index (χ0) is 11.6. The highest BCUT2D eigenvalue weighted by Gasteiger charge is 2.22. The second-order valence-electron chi connectivity index (χ2n) is 3.14. The van der Waals surface area contributed by atoms with Crippen LogP contribution in [-0.2, 0) is 18.3 Å². The highest BCUT2D eigenvalue weighted by molar-refractivity contribution is 7.53. The topological polar surface area (TPSA) is 44.8 Å². The average molecular weight is 238 g/mol. The minimum Gasteiger partial charge on any atom is -0.381 e. The summed E-state index contributed by atoms with van der Waals surface area (Å²) < 4.78 is 27.5. The number of unbranched alkanes of at least 4 members (excludes halogenated alkanes) is 1. The third-order valence-corrected chi connectivity index (χ3v) is 3.84. The largest absolute Gasteiger partial charge is 0.381 e. The Hall–Kier alpha value is 0.110. The van der Waals surface area contributed by atoms with Crippen molar-refractivity contribution in [2.24, 2.45) is 0 Å². The van der Waals surface area contributed by atoms with Gasteiger partial charge in [0.1, 0.15) is 0 Å². The van der Waals surface area contributed by atoms with Crippen LogP contribution in [0.4, 0.5) is 0 Å². The molecule has 0 fully saturated rings. The van der Waals surface area contributed by atoms with Gasteiger partial charge in [-0.15, -0.1) is 0 Å². The van der Waals surface area contributed by atoms with E-state index >= 15 is 0 Å². The van der Waals surface area contributed by atoms with Crippen LogP contribution < -0.4 is 0 Å². The summed E-state index contributed by atoms with van der Waals surface area (Å²) in [7, 11) is -2.89. The third kappa shape index (κ3) is 7.97. The molecule has 0 spiro atoms. The van der Waals surface area contributed by atoms with E-state index in [1.165, 1.54) is 0 Å². The molecule has 0 atom stereocenters. The first-order chi connectivity index (χ1) is 7.18. The molecule has 0 aliphatic rings. The molecule has 15 heavy (non-hydrogen) atoms. The van der Waals surface area contributed by atoms with E-state index in [1.54, 1.807) is 0 Å². The van der Waals surface area contributed by atoms with Gasteiger partial charge >= 0.3 is 7.60 Å². The monoisotopic (exact) mass is 238 g/mol. The van der Waals surface area contributed by atoms with E-state index in [0.717, 1.165) is 19.4 Å². The Morgan fingerprint density at radius 2 is 1.60 bits per heavy atom. The van der Waals surface area contributed by atoms with E-state index in [-0.39, 0.29) is 0 Å². The second kappa shape index (κ2) is 9.34. The fourth-order valence-corrected chi connectivity index (χ4v) is 2.56. The van der Waals surface area contributed by atoms with Crippen molar-refractivity contribution in [3.05, 3.63) is 0 Å². The van der Waals surface area contributed by atoms with Crippen molar-refractivity contribution in [1.29, 1.82) is 0 Å². The van der Waals surface area contributed by atoms with Crippen molar-refractivity contribution >= 4 is 7.60 Å². The van der Waals surface area contributed by atoms with Gasteiger partial charge in [-0.3, -0.25) is 4.57 Å². The lowest BCUT2D eigenvalue weighted by atomic mass is 10.4. The van der Waals surface area contributed by atoms with Crippen molar-refractivity contribution in [3.8, 4) is 0 Å². The lowest BCUT2D eigenvalue weighted by Crippen LogP contribution is -2.07. The predicted molar refractivity (Wildman–Crippen MR) is 61.5 cm³/mol. The molecule has 0 aromatic rings. The molecule has 0 saturated carbocycles. The molecule has 0 amide bonds. The summed E-state index contributed by atoms with van der Waals surface area (Å²) in [5, 5.41) is 0. The maximum atomic E-state index is 11.9. The first kappa shape index (κ1) is 15.1. The van der Waals surface area contributed by atoms with Gasteiger partial charge < -0.3 is 13.8 Å². The molecule has 5 heteroatoms. The number of hydrogen-bond acceptors (Lipinski definition) is 4. The Kier molecular flexibility index (Phi) is 9.41. The fourth-order valence-electron chi connectivity index (χ4n) is 1.08. The van der Waals surface area contributed by atoms with Crippen LogP contribution in [0.2, 0.25) is 0 Å². The highest BCUT2D eigenvalue weighted by atomic mass is 31.2. The van der Waals surface area contributed by atoms with Gasteiger partial charge in [0.2, 0.25) is 0 Å². The molecular formula is C10H23O4P. The summed E-state index contributed by atoms with van der Waals surface area (Å²) >= 11 is 0. The van der Waals surface area contributed by atoms with Crippen LogP contribution >= 0.6 is 7.60 Å².